The number of aryl methyl sites for hydroxylation is 1. The van der Waals surface area contributed by atoms with Crippen LogP contribution in [0.1, 0.15) is 39.2 Å². The number of amides is 1. The summed E-state index contributed by atoms with van der Waals surface area (Å²) in [5.74, 6) is -0.768. The van der Waals surface area contributed by atoms with Crippen molar-refractivity contribution in [2.45, 2.75) is 51.0 Å². The molecule has 0 bridgehead atoms. The molecular weight excluding hydrogens is 499 g/mol. The van der Waals surface area contributed by atoms with Gasteiger partial charge >= 0.3 is 0 Å². The average Bonchev–Trinajstić information content (AvgIpc) is 3.54. The molecule has 0 radical (unpaired) electrons. The maximum Gasteiger partial charge on any atom is 0.247 e. The van der Waals surface area contributed by atoms with Gasteiger partial charge in [0.25, 0.3) is 0 Å². The number of para-hydroxylation sites is 1. The highest BCUT2D eigenvalue weighted by atomic mass is 32.2. The first-order valence-electron chi connectivity index (χ1n) is 12.5. The third-order valence-electron chi connectivity index (χ3n) is 6.81. The molecule has 0 N–H and O–H groups in total. The molecule has 0 spiro atoms. The Morgan fingerprint density at radius 3 is 2.50 bits per heavy atom. The van der Waals surface area contributed by atoms with Crippen molar-refractivity contribution >= 4 is 42.6 Å². The minimum absolute atomic E-state index is 0.00846. The zero-order valence-corrected chi connectivity index (χ0v) is 22.6. The second-order valence-electron chi connectivity index (χ2n) is 8.86. The summed E-state index contributed by atoms with van der Waals surface area (Å²) in [6, 6.07) is 9.98. The number of aromatic nitrogens is 1. The van der Waals surface area contributed by atoms with E-state index in [0.29, 0.717) is 31.1 Å². The third-order valence-corrected chi connectivity index (χ3v) is 9.78. The smallest absolute Gasteiger partial charge is 0.247 e. The van der Waals surface area contributed by atoms with Crippen LogP contribution in [-0.2, 0) is 21.2 Å². The van der Waals surface area contributed by atoms with Crippen LogP contribution in [0.15, 0.2) is 47.4 Å². The molecule has 2 heterocycles. The molecule has 1 aliphatic heterocycles. The highest BCUT2D eigenvalue weighted by Crippen LogP contribution is 2.34. The molecule has 10 heteroatoms. The quantitative estimate of drug-likeness (QED) is 0.384. The van der Waals surface area contributed by atoms with Gasteiger partial charge in [0.15, 0.2) is 5.13 Å². The first-order valence-corrected chi connectivity index (χ1v) is 14.7. The maximum absolute atomic E-state index is 14.0. The lowest BCUT2D eigenvalue weighted by Crippen LogP contribution is -2.49. The SMILES string of the molecule is CCc1cccc2sc(N(CCN(CC)CC)C(=O)C3CCCN3S(=O)(=O)c3ccc(F)cc3)nc12. The van der Waals surface area contributed by atoms with E-state index in [9.17, 15) is 17.6 Å². The number of anilines is 1. The van der Waals surface area contributed by atoms with E-state index < -0.39 is 21.9 Å². The van der Waals surface area contributed by atoms with Gasteiger partial charge in [0.2, 0.25) is 15.9 Å². The van der Waals surface area contributed by atoms with Crippen molar-refractivity contribution in [2.24, 2.45) is 0 Å². The first kappa shape index (κ1) is 26.7. The molecule has 1 unspecified atom stereocenters. The van der Waals surface area contributed by atoms with Gasteiger partial charge in [-0.15, -0.1) is 0 Å². The van der Waals surface area contributed by atoms with Gasteiger partial charge in [-0.2, -0.15) is 4.31 Å². The van der Waals surface area contributed by atoms with Crippen LogP contribution >= 0.6 is 11.3 Å². The Bertz CT molecular complexity index is 1310. The Morgan fingerprint density at radius 2 is 1.83 bits per heavy atom. The molecule has 1 amide bonds. The van der Waals surface area contributed by atoms with Gasteiger partial charge in [0, 0.05) is 19.6 Å². The number of benzene rings is 2. The molecule has 3 aromatic rings. The van der Waals surface area contributed by atoms with Crippen molar-refractivity contribution in [1.82, 2.24) is 14.2 Å². The highest BCUT2D eigenvalue weighted by Gasteiger charge is 2.42. The standard InChI is InChI=1S/C26H33FN4O3S2/c1-4-19-9-7-11-23-24(19)28-26(35-23)30(18-17-29(5-2)6-3)25(32)22-10-8-16-31(22)36(33,34)21-14-12-20(27)13-15-21/h7,9,11-15,22H,4-6,8,10,16-18H2,1-3H3. The number of likely N-dealkylation sites (N-methyl/N-ethyl adjacent to an activating group) is 1. The first-order chi connectivity index (χ1) is 17.3. The fourth-order valence-corrected chi connectivity index (χ4v) is 7.37. The summed E-state index contributed by atoms with van der Waals surface area (Å²) < 4.78 is 42.5. The van der Waals surface area contributed by atoms with Crippen LogP contribution in [-0.4, -0.2) is 67.3 Å². The van der Waals surface area contributed by atoms with Gasteiger partial charge in [-0.3, -0.25) is 9.69 Å². The Morgan fingerprint density at radius 1 is 1.11 bits per heavy atom. The number of fused-ring (bicyclic) bond motifs is 1. The summed E-state index contributed by atoms with van der Waals surface area (Å²) in [7, 11) is -3.95. The van der Waals surface area contributed by atoms with E-state index in [1.165, 1.54) is 27.8 Å². The molecule has 0 aliphatic carbocycles. The second-order valence-corrected chi connectivity index (χ2v) is 11.8. The largest absolute Gasteiger partial charge is 0.302 e. The van der Waals surface area contributed by atoms with E-state index in [4.69, 9.17) is 4.98 Å². The molecule has 0 saturated carbocycles. The molecule has 1 aliphatic rings. The Balaban J connectivity index is 1.69. The number of carbonyl (C=O) groups is 1. The Kier molecular flexibility index (Phi) is 8.39. The lowest BCUT2D eigenvalue weighted by atomic mass is 10.1. The molecule has 7 nitrogen and oxygen atoms in total. The number of sulfonamides is 1. The van der Waals surface area contributed by atoms with Crippen molar-refractivity contribution in [3.8, 4) is 0 Å². The number of thiazole rings is 1. The van der Waals surface area contributed by atoms with E-state index in [-0.39, 0.29) is 17.3 Å². The van der Waals surface area contributed by atoms with E-state index in [2.05, 4.69) is 25.7 Å². The Hall–Kier alpha value is -2.40. The Labute approximate surface area is 216 Å². The maximum atomic E-state index is 14.0. The highest BCUT2D eigenvalue weighted by molar-refractivity contribution is 7.89. The summed E-state index contributed by atoms with van der Waals surface area (Å²) in [5, 5.41) is 0.592. The van der Waals surface area contributed by atoms with Crippen LogP contribution in [0.3, 0.4) is 0 Å². The van der Waals surface area contributed by atoms with Gasteiger partial charge in [-0.1, -0.05) is 44.2 Å². The van der Waals surface area contributed by atoms with E-state index >= 15 is 0 Å². The van der Waals surface area contributed by atoms with Gasteiger partial charge in [0.05, 0.1) is 15.1 Å². The van der Waals surface area contributed by atoms with Crippen LogP contribution < -0.4 is 4.90 Å². The summed E-state index contributed by atoms with van der Waals surface area (Å²) in [6.07, 6.45) is 1.85. The minimum atomic E-state index is -3.95. The average molecular weight is 533 g/mol. The van der Waals surface area contributed by atoms with E-state index in [1.54, 1.807) is 4.90 Å². The van der Waals surface area contributed by atoms with Gasteiger partial charge < -0.3 is 4.90 Å². The second kappa shape index (κ2) is 11.3. The van der Waals surface area contributed by atoms with Crippen LogP contribution in [0.2, 0.25) is 0 Å². The molecule has 1 atom stereocenters. The summed E-state index contributed by atoms with van der Waals surface area (Å²) in [6.45, 7) is 9.27. The zero-order chi connectivity index (χ0) is 25.9. The number of hydrogen-bond acceptors (Lipinski definition) is 6. The molecule has 1 fully saturated rings. The lowest BCUT2D eigenvalue weighted by molar-refractivity contribution is -0.121. The fraction of sp³-hybridized carbons (Fsp3) is 0.462. The third kappa shape index (κ3) is 5.32. The van der Waals surface area contributed by atoms with Crippen molar-refractivity contribution in [3.63, 3.8) is 0 Å². The number of halogens is 1. The molecule has 1 aromatic heterocycles. The van der Waals surface area contributed by atoms with Gasteiger partial charge in [-0.05, 0) is 68.2 Å². The number of hydrogen-bond donors (Lipinski definition) is 0. The number of nitrogens with zero attached hydrogens (tertiary/aromatic N) is 4. The predicted molar refractivity (Wildman–Crippen MR) is 142 cm³/mol. The predicted octanol–water partition coefficient (Wildman–Crippen LogP) is 4.53. The zero-order valence-electron chi connectivity index (χ0n) is 21.0. The van der Waals surface area contributed by atoms with E-state index in [1.807, 2.05) is 18.2 Å². The van der Waals surface area contributed by atoms with E-state index in [0.717, 1.165) is 47.4 Å². The van der Waals surface area contributed by atoms with Gasteiger partial charge in [0.1, 0.15) is 11.9 Å². The van der Waals surface area contributed by atoms with Crippen molar-refractivity contribution in [3.05, 3.63) is 53.8 Å². The summed E-state index contributed by atoms with van der Waals surface area (Å²) in [4.78, 5) is 22.8. The molecule has 1 saturated heterocycles. The van der Waals surface area contributed by atoms with Crippen molar-refractivity contribution < 1.29 is 17.6 Å². The number of carbonyl (C=O) groups excluding carboxylic acids is 1. The molecule has 36 heavy (non-hydrogen) atoms. The molecule has 4 rings (SSSR count). The fourth-order valence-electron chi connectivity index (χ4n) is 4.67. The summed E-state index contributed by atoms with van der Waals surface area (Å²) in [5.41, 5.74) is 2.01. The normalized spacial score (nSPS) is 16.8. The van der Waals surface area contributed by atoms with Crippen molar-refractivity contribution in [1.29, 1.82) is 0 Å². The number of rotatable bonds is 10. The molecule has 194 valence electrons. The lowest BCUT2D eigenvalue weighted by Gasteiger charge is -2.30. The molecule has 2 aromatic carbocycles. The van der Waals surface area contributed by atoms with Crippen LogP contribution in [0, 0.1) is 5.82 Å². The van der Waals surface area contributed by atoms with Gasteiger partial charge in [-0.25, -0.2) is 17.8 Å². The minimum Gasteiger partial charge on any atom is -0.302 e. The monoisotopic (exact) mass is 532 g/mol. The van der Waals surface area contributed by atoms with Crippen LogP contribution in [0.5, 0.6) is 0 Å². The topological polar surface area (TPSA) is 73.8 Å². The van der Waals surface area contributed by atoms with Crippen LogP contribution in [0.4, 0.5) is 9.52 Å². The summed E-state index contributed by atoms with van der Waals surface area (Å²) >= 11 is 1.46. The molecular formula is C26H33FN4O3S2. The van der Waals surface area contributed by atoms with Crippen LogP contribution in [0.25, 0.3) is 10.2 Å². The van der Waals surface area contributed by atoms with Crippen molar-refractivity contribution in [2.75, 3.05) is 37.6 Å².